The fourth-order valence-corrected chi connectivity index (χ4v) is 3.47. The van der Waals surface area contributed by atoms with E-state index in [9.17, 15) is 33.9 Å². The molecule has 0 saturated heterocycles. The predicted molar refractivity (Wildman–Crippen MR) is 129 cm³/mol. The van der Waals surface area contributed by atoms with Crippen LogP contribution in [0.15, 0.2) is 0 Å². The Morgan fingerprint density at radius 2 is 1.29 bits per heavy atom. The number of carboxylic acid groups (broad SMARTS) is 2. The van der Waals surface area contributed by atoms with Crippen LogP contribution in [0.3, 0.4) is 0 Å². The zero-order valence-electron chi connectivity index (χ0n) is 20.2. The highest BCUT2D eigenvalue weighted by Crippen LogP contribution is 2.08. The summed E-state index contributed by atoms with van der Waals surface area (Å²) in [7, 11) is 0. The molecule has 4 atom stereocenters. The van der Waals surface area contributed by atoms with Crippen LogP contribution in [-0.4, -0.2) is 82.0 Å². The quantitative estimate of drug-likeness (QED) is 0.114. The lowest BCUT2D eigenvalue weighted by molar-refractivity contribution is -0.143. The zero-order valence-corrected chi connectivity index (χ0v) is 21.1. The van der Waals surface area contributed by atoms with Crippen LogP contribution in [0.25, 0.3) is 0 Å². The summed E-state index contributed by atoms with van der Waals surface area (Å²) in [6.07, 6.45) is 1.05. The number of hydrogen-bond acceptors (Lipinski definition) is 8. The van der Waals surface area contributed by atoms with Crippen LogP contribution in [0.5, 0.6) is 0 Å². The monoisotopic (exact) mass is 519 g/mol. The molecule has 0 aromatic rings. The molecule has 0 radical (unpaired) electrons. The summed E-state index contributed by atoms with van der Waals surface area (Å²) in [5, 5.41) is 25.5. The minimum absolute atomic E-state index is 0.0628. The Kier molecular flexibility index (Phi) is 15.3. The molecule has 0 saturated carbocycles. The van der Waals surface area contributed by atoms with Gasteiger partial charge in [-0.3, -0.25) is 24.0 Å². The number of carboxylic acids is 2. The number of nitrogens with two attached hydrogens (primary N) is 2. The summed E-state index contributed by atoms with van der Waals surface area (Å²) < 4.78 is 0. The van der Waals surface area contributed by atoms with Crippen molar-refractivity contribution in [2.45, 2.75) is 76.5 Å². The number of nitrogens with one attached hydrogen (secondary N) is 3. The molecular weight excluding hydrogens is 482 g/mol. The van der Waals surface area contributed by atoms with Gasteiger partial charge in [-0.25, -0.2) is 4.79 Å². The van der Waals surface area contributed by atoms with E-state index < -0.39 is 66.2 Å². The van der Waals surface area contributed by atoms with Gasteiger partial charge in [0.1, 0.15) is 18.1 Å². The lowest BCUT2D eigenvalue weighted by Crippen LogP contribution is -2.57. The first kappa shape index (κ1) is 32.1. The molecular formula is C21H37N5O8S. The maximum atomic E-state index is 12.9. The van der Waals surface area contributed by atoms with Crippen LogP contribution in [0.1, 0.15) is 52.4 Å². The van der Waals surface area contributed by atoms with E-state index >= 15 is 0 Å². The third-order valence-electron chi connectivity index (χ3n) is 4.88. The molecule has 0 bridgehead atoms. The number of primary amides is 1. The smallest absolute Gasteiger partial charge is 0.326 e. The average Bonchev–Trinajstić information content (AvgIpc) is 2.75. The van der Waals surface area contributed by atoms with Crippen LogP contribution >= 0.6 is 11.8 Å². The van der Waals surface area contributed by atoms with Crippen molar-refractivity contribution in [3.63, 3.8) is 0 Å². The van der Waals surface area contributed by atoms with Gasteiger partial charge in [-0.2, -0.15) is 11.8 Å². The van der Waals surface area contributed by atoms with Gasteiger partial charge in [-0.1, -0.05) is 13.8 Å². The maximum absolute atomic E-state index is 12.9. The van der Waals surface area contributed by atoms with Crippen LogP contribution in [0, 0.1) is 5.92 Å². The Balaban J connectivity index is 5.60. The molecule has 200 valence electrons. The molecule has 0 aromatic carbocycles. The lowest BCUT2D eigenvalue weighted by Gasteiger charge is -2.25. The Labute approximate surface area is 208 Å². The van der Waals surface area contributed by atoms with Crippen molar-refractivity contribution in [1.29, 1.82) is 0 Å². The molecule has 0 aliphatic carbocycles. The number of rotatable bonds is 18. The predicted octanol–water partition coefficient (Wildman–Crippen LogP) is -1.22. The highest BCUT2D eigenvalue weighted by molar-refractivity contribution is 7.98. The van der Waals surface area contributed by atoms with Crippen molar-refractivity contribution >= 4 is 47.3 Å². The molecule has 35 heavy (non-hydrogen) atoms. The standard InChI is InChI=1S/C21H37N5O8S/c1-11(2)10-15(21(33)34)26-20(32)14(5-7-17(28)29)25-19(31)13(4-6-16(23)27)24-18(30)12(22)8-9-35-3/h11-15H,4-10,22H2,1-3H3,(H2,23,27)(H,24,30)(H,25,31)(H,26,32)(H,28,29)(H,33,34). The summed E-state index contributed by atoms with van der Waals surface area (Å²) in [5.41, 5.74) is 11.0. The molecule has 0 rings (SSSR count). The maximum Gasteiger partial charge on any atom is 0.326 e. The van der Waals surface area contributed by atoms with Gasteiger partial charge in [0.15, 0.2) is 0 Å². The van der Waals surface area contributed by atoms with E-state index in [0.717, 1.165) is 0 Å². The van der Waals surface area contributed by atoms with Gasteiger partial charge in [-0.05, 0) is 43.6 Å². The highest BCUT2D eigenvalue weighted by atomic mass is 32.2. The zero-order chi connectivity index (χ0) is 27.1. The van der Waals surface area contributed by atoms with E-state index in [1.54, 1.807) is 13.8 Å². The Bertz CT molecular complexity index is 764. The van der Waals surface area contributed by atoms with E-state index in [0.29, 0.717) is 12.2 Å². The SMILES string of the molecule is CSCCC(N)C(=O)NC(CCC(N)=O)C(=O)NC(CCC(=O)O)C(=O)NC(CC(C)C)C(=O)O. The first-order valence-electron chi connectivity index (χ1n) is 11.2. The molecule has 14 heteroatoms. The number of carbonyl (C=O) groups excluding carboxylic acids is 4. The minimum atomic E-state index is -1.40. The molecule has 0 spiro atoms. The molecule has 0 aromatic heterocycles. The molecule has 0 aliphatic heterocycles. The average molecular weight is 520 g/mol. The second-order valence-electron chi connectivity index (χ2n) is 8.48. The van der Waals surface area contributed by atoms with Crippen molar-refractivity contribution in [2.24, 2.45) is 17.4 Å². The summed E-state index contributed by atoms with van der Waals surface area (Å²) in [6.45, 7) is 3.53. The number of thioether (sulfide) groups is 1. The van der Waals surface area contributed by atoms with E-state index in [4.69, 9.17) is 16.6 Å². The number of carbonyl (C=O) groups is 6. The van der Waals surface area contributed by atoms with Gasteiger partial charge in [0.05, 0.1) is 6.04 Å². The fourth-order valence-electron chi connectivity index (χ4n) is 2.98. The van der Waals surface area contributed by atoms with Crippen molar-refractivity contribution in [3.05, 3.63) is 0 Å². The van der Waals surface area contributed by atoms with E-state index in [1.807, 2.05) is 6.26 Å². The third kappa shape index (κ3) is 14.2. The van der Waals surface area contributed by atoms with Gasteiger partial charge in [0.25, 0.3) is 0 Å². The topological polar surface area (TPSA) is 231 Å². The van der Waals surface area contributed by atoms with Crippen LogP contribution in [-0.2, 0) is 28.8 Å². The minimum Gasteiger partial charge on any atom is -0.481 e. The summed E-state index contributed by atoms with van der Waals surface area (Å²) in [4.78, 5) is 71.9. The second-order valence-corrected chi connectivity index (χ2v) is 9.46. The van der Waals surface area contributed by atoms with Gasteiger partial charge in [-0.15, -0.1) is 0 Å². The normalized spacial score (nSPS) is 14.3. The molecule has 9 N–H and O–H groups in total. The van der Waals surface area contributed by atoms with E-state index in [-0.39, 0.29) is 31.6 Å². The van der Waals surface area contributed by atoms with Crippen LogP contribution in [0.2, 0.25) is 0 Å². The summed E-state index contributed by atoms with van der Waals surface area (Å²) in [5.74, 6) is -5.08. The first-order valence-corrected chi connectivity index (χ1v) is 12.6. The molecule has 0 heterocycles. The molecule has 0 aliphatic rings. The first-order chi connectivity index (χ1) is 16.3. The van der Waals surface area contributed by atoms with Gasteiger partial charge in [0, 0.05) is 12.8 Å². The lowest BCUT2D eigenvalue weighted by atomic mass is 10.0. The molecule has 4 amide bonds. The van der Waals surface area contributed by atoms with Crippen molar-refractivity contribution in [2.75, 3.05) is 12.0 Å². The third-order valence-corrected chi connectivity index (χ3v) is 5.53. The largest absolute Gasteiger partial charge is 0.481 e. The summed E-state index contributed by atoms with van der Waals surface area (Å²) >= 11 is 1.48. The van der Waals surface area contributed by atoms with Crippen LogP contribution < -0.4 is 27.4 Å². The number of aliphatic carboxylic acids is 2. The van der Waals surface area contributed by atoms with Crippen LogP contribution in [0.4, 0.5) is 0 Å². The highest BCUT2D eigenvalue weighted by Gasteiger charge is 2.31. The Morgan fingerprint density at radius 3 is 1.71 bits per heavy atom. The molecule has 0 fully saturated rings. The Hall–Kier alpha value is -2.87. The van der Waals surface area contributed by atoms with Gasteiger partial charge < -0.3 is 37.6 Å². The van der Waals surface area contributed by atoms with Crippen molar-refractivity contribution in [3.8, 4) is 0 Å². The van der Waals surface area contributed by atoms with Gasteiger partial charge in [0.2, 0.25) is 23.6 Å². The fraction of sp³-hybridized carbons (Fsp3) is 0.714. The molecule has 4 unspecified atom stereocenters. The summed E-state index contributed by atoms with van der Waals surface area (Å²) in [6, 6.07) is -4.83. The van der Waals surface area contributed by atoms with Crippen molar-refractivity contribution in [1.82, 2.24) is 16.0 Å². The second kappa shape index (κ2) is 16.7. The Morgan fingerprint density at radius 1 is 0.800 bits per heavy atom. The molecule has 13 nitrogen and oxygen atoms in total. The number of hydrogen-bond donors (Lipinski definition) is 7. The number of amides is 4. The van der Waals surface area contributed by atoms with E-state index in [2.05, 4.69) is 16.0 Å². The van der Waals surface area contributed by atoms with Crippen molar-refractivity contribution < 1.29 is 39.0 Å². The van der Waals surface area contributed by atoms with Gasteiger partial charge >= 0.3 is 11.9 Å². The van der Waals surface area contributed by atoms with E-state index in [1.165, 1.54) is 11.8 Å².